The third kappa shape index (κ3) is 3.85. The molecule has 0 radical (unpaired) electrons. The van der Waals surface area contributed by atoms with Gasteiger partial charge in [-0.2, -0.15) is 15.0 Å². The molecular weight excluding hydrogens is 328 g/mol. The Morgan fingerprint density at radius 1 is 1.12 bits per heavy atom. The number of ether oxygens (including phenoxy) is 1. The molecule has 1 aromatic carbocycles. The van der Waals surface area contributed by atoms with Crippen LogP contribution in [0.4, 0.5) is 11.9 Å². The molecule has 1 saturated heterocycles. The van der Waals surface area contributed by atoms with Gasteiger partial charge >= 0.3 is 0 Å². The molecule has 1 aliphatic rings. The van der Waals surface area contributed by atoms with E-state index in [9.17, 15) is 0 Å². The van der Waals surface area contributed by atoms with Crippen molar-refractivity contribution in [1.82, 2.24) is 19.9 Å². The first-order chi connectivity index (χ1) is 11.5. The van der Waals surface area contributed by atoms with Gasteiger partial charge in [0, 0.05) is 26.2 Å². The van der Waals surface area contributed by atoms with Crippen LogP contribution in [-0.4, -0.2) is 53.1 Å². The Bertz CT molecular complexity index is 705. The van der Waals surface area contributed by atoms with E-state index in [1.54, 1.807) is 6.07 Å². The first kappa shape index (κ1) is 16.7. The van der Waals surface area contributed by atoms with E-state index >= 15 is 0 Å². The van der Waals surface area contributed by atoms with Crippen LogP contribution < -0.4 is 15.4 Å². The topological polar surface area (TPSA) is 80.4 Å². The number of nitrogens with two attached hydrogens (primary N) is 1. The smallest absolute Gasteiger partial charge is 0.230 e. The SMILES string of the molecule is CC(Oc1ccccc1Cl)c1nc(N)nc(N2CCN(C)CC2)n1. The molecule has 0 bridgehead atoms. The molecule has 1 aliphatic heterocycles. The highest BCUT2D eigenvalue weighted by Crippen LogP contribution is 2.28. The Morgan fingerprint density at radius 3 is 2.54 bits per heavy atom. The third-order valence-corrected chi connectivity index (χ3v) is 4.26. The number of hydrogen-bond donors (Lipinski definition) is 1. The maximum atomic E-state index is 6.14. The Morgan fingerprint density at radius 2 is 1.83 bits per heavy atom. The van der Waals surface area contributed by atoms with Gasteiger partial charge in [0.1, 0.15) is 5.75 Å². The van der Waals surface area contributed by atoms with E-state index in [1.165, 1.54) is 0 Å². The van der Waals surface area contributed by atoms with Crippen molar-refractivity contribution >= 4 is 23.5 Å². The van der Waals surface area contributed by atoms with Crippen molar-refractivity contribution < 1.29 is 4.74 Å². The predicted octanol–water partition coefficient (Wildman–Crippen LogP) is 2.00. The Hall–Kier alpha value is -2.12. The first-order valence-corrected chi connectivity index (χ1v) is 8.27. The molecule has 0 spiro atoms. The van der Waals surface area contributed by atoms with Gasteiger partial charge in [-0.15, -0.1) is 0 Å². The minimum absolute atomic E-state index is 0.198. The highest BCUT2D eigenvalue weighted by atomic mass is 35.5. The normalized spacial score (nSPS) is 16.9. The molecule has 1 atom stereocenters. The molecule has 128 valence electrons. The van der Waals surface area contributed by atoms with Crippen LogP contribution in [0.25, 0.3) is 0 Å². The molecular formula is C16H21ClN6O. The van der Waals surface area contributed by atoms with Crippen molar-refractivity contribution in [1.29, 1.82) is 0 Å². The molecule has 0 amide bonds. The van der Waals surface area contributed by atoms with E-state index in [0.717, 1.165) is 26.2 Å². The summed E-state index contributed by atoms with van der Waals surface area (Å²) >= 11 is 6.14. The minimum Gasteiger partial charge on any atom is -0.481 e. The quantitative estimate of drug-likeness (QED) is 0.905. The lowest BCUT2D eigenvalue weighted by molar-refractivity contribution is 0.216. The van der Waals surface area contributed by atoms with Gasteiger partial charge in [-0.25, -0.2) is 0 Å². The van der Waals surface area contributed by atoms with Gasteiger partial charge in [0.05, 0.1) is 5.02 Å². The van der Waals surface area contributed by atoms with E-state index in [0.29, 0.717) is 22.5 Å². The van der Waals surface area contributed by atoms with Gasteiger partial charge in [-0.3, -0.25) is 0 Å². The lowest BCUT2D eigenvalue weighted by atomic mass is 10.3. The van der Waals surface area contributed by atoms with E-state index in [2.05, 4.69) is 31.8 Å². The number of rotatable bonds is 4. The number of anilines is 2. The van der Waals surface area contributed by atoms with Crippen LogP contribution in [-0.2, 0) is 0 Å². The van der Waals surface area contributed by atoms with Crippen LogP contribution in [0, 0.1) is 0 Å². The number of hydrogen-bond acceptors (Lipinski definition) is 7. The molecule has 24 heavy (non-hydrogen) atoms. The van der Waals surface area contributed by atoms with Crippen LogP contribution in [0.5, 0.6) is 5.75 Å². The van der Waals surface area contributed by atoms with E-state index in [1.807, 2.05) is 25.1 Å². The second-order valence-electron chi connectivity index (χ2n) is 5.83. The molecule has 1 unspecified atom stereocenters. The number of nitrogens with zero attached hydrogens (tertiary/aromatic N) is 5. The molecule has 0 saturated carbocycles. The molecule has 1 fully saturated rings. The highest BCUT2D eigenvalue weighted by molar-refractivity contribution is 6.32. The van der Waals surface area contributed by atoms with Crippen LogP contribution in [0.3, 0.4) is 0 Å². The average Bonchev–Trinajstić information content (AvgIpc) is 2.57. The fourth-order valence-corrected chi connectivity index (χ4v) is 2.69. The largest absolute Gasteiger partial charge is 0.481 e. The average molecular weight is 349 g/mol. The molecule has 2 heterocycles. The summed E-state index contributed by atoms with van der Waals surface area (Å²) in [4.78, 5) is 17.4. The molecule has 8 heteroatoms. The van der Waals surface area contributed by atoms with Crippen LogP contribution in [0.1, 0.15) is 18.9 Å². The zero-order chi connectivity index (χ0) is 17.1. The Labute approximate surface area is 146 Å². The summed E-state index contributed by atoms with van der Waals surface area (Å²) in [6.07, 6.45) is -0.388. The van der Waals surface area contributed by atoms with Gasteiger partial charge in [0.2, 0.25) is 11.9 Å². The first-order valence-electron chi connectivity index (χ1n) is 7.89. The Balaban J connectivity index is 1.79. The minimum atomic E-state index is -0.388. The summed E-state index contributed by atoms with van der Waals surface area (Å²) in [6, 6.07) is 7.31. The number of aromatic nitrogens is 3. The second-order valence-corrected chi connectivity index (χ2v) is 6.24. The number of nitrogen functional groups attached to an aromatic ring is 1. The van der Waals surface area contributed by atoms with Gasteiger partial charge in [-0.05, 0) is 26.1 Å². The van der Waals surface area contributed by atoms with Crippen LogP contribution in [0.15, 0.2) is 24.3 Å². The van der Waals surface area contributed by atoms with Crippen molar-refractivity contribution in [2.45, 2.75) is 13.0 Å². The summed E-state index contributed by atoms with van der Waals surface area (Å²) < 4.78 is 5.88. The number of benzene rings is 1. The van der Waals surface area contributed by atoms with Gasteiger partial charge in [0.15, 0.2) is 11.9 Å². The summed E-state index contributed by atoms with van der Waals surface area (Å²) in [6.45, 7) is 5.52. The summed E-state index contributed by atoms with van der Waals surface area (Å²) in [5.41, 5.74) is 5.87. The van der Waals surface area contributed by atoms with Crippen molar-refractivity contribution in [3.8, 4) is 5.75 Å². The molecule has 2 aromatic rings. The predicted molar refractivity (Wildman–Crippen MR) is 94.4 cm³/mol. The van der Waals surface area contributed by atoms with Gasteiger partial charge in [-0.1, -0.05) is 23.7 Å². The summed E-state index contributed by atoms with van der Waals surface area (Å²) in [5, 5.41) is 0.547. The maximum absolute atomic E-state index is 6.14. The molecule has 2 N–H and O–H groups in total. The van der Waals surface area contributed by atoms with E-state index in [4.69, 9.17) is 22.1 Å². The second kappa shape index (κ2) is 7.19. The van der Waals surface area contributed by atoms with E-state index in [-0.39, 0.29) is 12.1 Å². The molecule has 0 aliphatic carbocycles. The van der Waals surface area contributed by atoms with E-state index < -0.39 is 0 Å². The summed E-state index contributed by atoms with van der Waals surface area (Å²) in [7, 11) is 2.10. The van der Waals surface area contributed by atoms with Crippen molar-refractivity contribution in [3.63, 3.8) is 0 Å². The fourth-order valence-electron chi connectivity index (χ4n) is 2.51. The van der Waals surface area contributed by atoms with Gasteiger partial charge in [0.25, 0.3) is 0 Å². The maximum Gasteiger partial charge on any atom is 0.230 e. The third-order valence-electron chi connectivity index (χ3n) is 3.95. The number of para-hydroxylation sites is 1. The van der Waals surface area contributed by atoms with Crippen molar-refractivity contribution in [2.24, 2.45) is 0 Å². The monoisotopic (exact) mass is 348 g/mol. The van der Waals surface area contributed by atoms with Crippen molar-refractivity contribution in [2.75, 3.05) is 43.9 Å². The molecule has 1 aromatic heterocycles. The summed E-state index contributed by atoms with van der Waals surface area (Å²) in [5.74, 6) is 1.88. The van der Waals surface area contributed by atoms with Crippen LogP contribution in [0.2, 0.25) is 5.02 Å². The zero-order valence-corrected chi connectivity index (χ0v) is 14.6. The fraction of sp³-hybridized carbons (Fsp3) is 0.438. The number of piperazine rings is 1. The highest BCUT2D eigenvalue weighted by Gasteiger charge is 2.20. The number of halogens is 1. The standard InChI is InChI=1S/C16H21ClN6O/c1-11(24-13-6-4-3-5-12(13)17)14-19-15(18)21-16(20-14)23-9-7-22(2)8-10-23/h3-6,11H,7-10H2,1-2H3,(H2,18,19,20,21). The Kier molecular flexibility index (Phi) is 5.01. The van der Waals surface area contributed by atoms with Crippen molar-refractivity contribution in [3.05, 3.63) is 35.1 Å². The zero-order valence-electron chi connectivity index (χ0n) is 13.8. The number of likely N-dealkylation sites (N-methyl/N-ethyl adjacent to an activating group) is 1. The lowest BCUT2D eigenvalue weighted by Crippen LogP contribution is -2.45. The lowest BCUT2D eigenvalue weighted by Gasteiger charge is -2.32. The van der Waals surface area contributed by atoms with Gasteiger partial charge < -0.3 is 20.3 Å². The molecule has 7 nitrogen and oxygen atoms in total. The molecule has 3 rings (SSSR count). The van der Waals surface area contributed by atoms with Crippen LogP contribution >= 0.6 is 11.6 Å².